The number of carbonyl (C=O) groups excluding carboxylic acids is 2. The van der Waals surface area contributed by atoms with Crippen molar-refractivity contribution in [1.82, 2.24) is 0 Å². The van der Waals surface area contributed by atoms with Gasteiger partial charge in [0.05, 0.1) is 0 Å². The third kappa shape index (κ3) is 2.18. The van der Waals surface area contributed by atoms with E-state index in [2.05, 4.69) is 0 Å². The molecule has 1 aliphatic carbocycles. The van der Waals surface area contributed by atoms with Gasteiger partial charge in [0.25, 0.3) is 0 Å². The summed E-state index contributed by atoms with van der Waals surface area (Å²) in [6.07, 6.45) is 2.29. The van der Waals surface area contributed by atoms with Crippen molar-refractivity contribution in [2.45, 2.75) is 19.3 Å². The molecule has 1 aliphatic rings. The average Bonchev–Trinajstić information content (AvgIpc) is 2.17. The van der Waals surface area contributed by atoms with E-state index in [1.807, 2.05) is 0 Å². The quantitative estimate of drug-likeness (QED) is 0.689. The number of aryl methyl sites for hydroxylation is 1. The van der Waals surface area contributed by atoms with E-state index in [4.69, 9.17) is 16.3 Å². The molecular formula is C11H9ClO3. The number of halogens is 1. The Labute approximate surface area is 92.0 Å². The molecule has 0 aromatic heterocycles. The van der Waals surface area contributed by atoms with Crippen LogP contribution in [0, 0.1) is 0 Å². The number of carbonyl (C=O) groups is 2. The van der Waals surface area contributed by atoms with Gasteiger partial charge in [-0.1, -0.05) is 0 Å². The van der Waals surface area contributed by atoms with Crippen molar-refractivity contribution in [3.05, 3.63) is 29.3 Å². The highest BCUT2D eigenvalue weighted by Gasteiger charge is 2.17. The molecule has 0 atom stereocenters. The molecule has 0 bridgehead atoms. The van der Waals surface area contributed by atoms with Crippen LogP contribution in [0.15, 0.2) is 18.2 Å². The SMILES string of the molecule is O=C(Cl)Oc1ccc2c(c1)CCCC2=O. The maximum Gasteiger partial charge on any atom is 0.409 e. The highest BCUT2D eigenvalue weighted by molar-refractivity contribution is 6.61. The molecule has 0 heterocycles. The first-order valence-corrected chi connectivity index (χ1v) is 5.08. The largest absolute Gasteiger partial charge is 0.414 e. The van der Waals surface area contributed by atoms with Gasteiger partial charge in [0.2, 0.25) is 0 Å². The van der Waals surface area contributed by atoms with E-state index in [1.165, 1.54) is 0 Å². The van der Waals surface area contributed by atoms with Crippen LogP contribution in [0.3, 0.4) is 0 Å². The summed E-state index contributed by atoms with van der Waals surface area (Å²) in [7, 11) is 0. The molecule has 0 saturated heterocycles. The molecule has 2 rings (SSSR count). The molecule has 3 nitrogen and oxygen atoms in total. The number of ether oxygens (including phenoxy) is 1. The summed E-state index contributed by atoms with van der Waals surface area (Å²) >= 11 is 5.10. The summed E-state index contributed by atoms with van der Waals surface area (Å²) in [6, 6.07) is 4.97. The van der Waals surface area contributed by atoms with E-state index in [-0.39, 0.29) is 5.78 Å². The molecule has 1 aromatic carbocycles. The summed E-state index contributed by atoms with van der Waals surface area (Å²) in [4.78, 5) is 22.0. The second kappa shape index (κ2) is 4.03. The monoisotopic (exact) mass is 224 g/mol. The van der Waals surface area contributed by atoms with Gasteiger partial charge in [0.1, 0.15) is 5.75 Å². The van der Waals surface area contributed by atoms with E-state index >= 15 is 0 Å². The van der Waals surface area contributed by atoms with Crippen molar-refractivity contribution in [1.29, 1.82) is 0 Å². The zero-order valence-corrected chi connectivity index (χ0v) is 8.71. The molecule has 0 N–H and O–H groups in total. The van der Waals surface area contributed by atoms with Gasteiger partial charge in [0.15, 0.2) is 5.78 Å². The average molecular weight is 225 g/mol. The van der Waals surface area contributed by atoms with Gasteiger partial charge < -0.3 is 4.74 Å². The summed E-state index contributed by atoms with van der Waals surface area (Å²) in [5.41, 5.74) is 0.800. The Morgan fingerprint density at radius 2 is 2.13 bits per heavy atom. The predicted octanol–water partition coefficient (Wildman–Crippen LogP) is 2.94. The van der Waals surface area contributed by atoms with Crippen molar-refractivity contribution in [3.63, 3.8) is 0 Å². The van der Waals surface area contributed by atoms with Crippen LogP contribution in [-0.2, 0) is 6.42 Å². The number of fused-ring (bicyclic) bond motifs is 1. The van der Waals surface area contributed by atoms with Gasteiger partial charge in [-0.25, -0.2) is 4.79 Å². The minimum atomic E-state index is -0.864. The molecule has 78 valence electrons. The fourth-order valence-electron chi connectivity index (χ4n) is 1.78. The second-order valence-corrected chi connectivity index (χ2v) is 3.74. The van der Waals surface area contributed by atoms with E-state index in [9.17, 15) is 9.59 Å². The van der Waals surface area contributed by atoms with E-state index in [1.54, 1.807) is 18.2 Å². The highest BCUT2D eigenvalue weighted by atomic mass is 35.5. The normalized spacial score (nSPS) is 14.6. The van der Waals surface area contributed by atoms with E-state index in [0.29, 0.717) is 12.2 Å². The lowest BCUT2D eigenvalue weighted by Gasteiger charge is -2.14. The Hall–Kier alpha value is -1.35. The van der Waals surface area contributed by atoms with Gasteiger partial charge in [-0.05, 0) is 36.6 Å². The van der Waals surface area contributed by atoms with Crippen LogP contribution in [0.1, 0.15) is 28.8 Å². The Bertz CT molecular complexity index is 426. The minimum Gasteiger partial charge on any atom is -0.414 e. The highest BCUT2D eigenvalue weighted by Crippen LogP contribution is 2.25. The lowest BCUT2D eigenvalue weighted by atomic mass is 9.91. The molecule has 0 aliphatic heterocycles. The molecule has 0 fully saturated rings. The second-order valence-electron chi connectivity index (χ2n) is 3.44. The van der Waals surface area contributed by atoms with Crippen LogP contribution in [0.5, 0.6) is 5.75 Å². The van der Waals surface area contributed by atoms with Gasteiger partial charge in [0, 0.05) is 23.6 Å². The molecule has 0 amide bonds. The molecule has 0 spiro atoms. The van der Waals surface area contributed by atoms with E-state index < -0.39 is 5.43 Å². The van der Waals surface area contributed by atoms with Crippen LogP contribution >= 0.6 is 11.6 Å². The van der Waals surface area contributed by atoms with Crippen LogP contribution in [-0.4, -0.2) is 11.2 Å². The first kappa shape index (κ1) is 10.2. The Kier molecular flexibility index (Phi) is 2.73. The number of benzene rings is 1. The Balaban J connectivity index is 2.33. The maximum absolute atomic E-state index is 11.5. The zero-order valence-electron chi connectivity index (χ0n) is 7.96. The lowest BCUT2D eigenvalue weighted by molar-refractivity contribution is 0.0972. The Morgan fingerprint density at radius 1 is 1.33 bits per heavy atom. The van der Waals surface area contributed by atoms with Gasteiger partial charge >= 0.3 is 5.43 Å². The molecule has 4 heteroatoms. The fraction of sp³-hybridized carbons (Fsp3) is 0.273. The van der Waals surface area contributed by atoms with Crippen molar-refractivity contribution in [3.8, 4) is 5.75 Å². The summed E-state index contributed by atoms with van der Waals surface area (Å²) < 4.78 is 4.73. The number of hydrogen-bond donors (Lipinski definition) is 0. The van der Waals surface area contributed by atoms with Crippen molar-refractivity contribution in [2.24, 2.45) is 0 Å². The molecule has 1 aromatic rings. The van der Waals surface area contributed by atoms with Crippen LogP contribution in [0.4, 0.5) is 4.79 Å². The molecule has 0 saturated carbocycles. The summed E-state index contributed by atoms with van der Waals surface area (Å²) in [6.45, 7) is 0. The molecular weight excluding hydrogens is 216 g/mol. The molecule has 0 radical (unpaired) electrons. The predicted molar refractivity (Wildman–Crippen MR) is 55.6 cm³/mol. The number of hydrogen-bond acceptors (Lipinski definition) is 3. The van der Waals surface area contributed by atoms with Gasteiger partial charge in [-0.2, -0.15) is 0 Å². The first-order valence-electron chi connectivity index (χ1n) is 4.70. The zero-order chi connectivity index (χ0) is 10.8. The van der Waals surface area contributed by atoms with Crippen LogP contribution in [0.25, 0.3) is 0 Å². The lowest BCUT2D eigenvalue weighted by Crippen LogP contribution is -2.10. The third-order valence-corrected chi connectivity index (χ3v) is 2.50. The number of rotatable bonds is 1. The summed E-state index contributed by atoms with van der Waals surface area (Å²) in [5.74, 6) is 0.545. The number of Topliss-reactive ketones (excluding diaryl/α,β-unsaturated/α-hetero) is 1. The first-order chi connectivity index (χ1) is 7.16. The van der Waals surface area contributed by atoms with E-state index in [0.717, 1.165) is 24.0 Å². The Morgan fingerprint density at radius 3 is 2.87 bits per heavy atom. The maximum atomic E-state index is 11.5. The smallest absolute Gasteiger partial charge is 0.409 e. The van der Waals surface area contributed by atoms with Gasteiger partial charge in [-0.3, -0.25) is 4.79 Å². The molecule has 15 heavy (non-hydrogen) atoms. The van der Waals surface area contributed by atoms with Crippen molar-refractivity contribution in [2.75, 3.05) is 0 Å². The number of ketones is 1. The third-order valence-electron chi connectivity index (χ3n) is 2.43. The fourth-order valence-corrected chi connectivity index (χ4v) is 1.87. The summed E-state index contributed by atoms with van der Waals surface area (Å²) in [5, 5.41) is 0. The molecule has 0 unspecified atom stereocenters. The van der Waals surface area contributed by atoms with Crippen LogP contribution < -0.4 is 4.74 Å². The topological polar surface area (TPSA) is 43.4 Å². The minimum absolute atomic E-state index is 0.153. The van der Waals surface area contributed by atoms with Crippen molar-refractivity contribution < 1.29 is 14.3 Å². The standard InChI is InChI=1S/C11H9ClO3/c12-11(14)15-8-4-5-9-7(6-8)2-1-3-10(9)13/h4-6H,1-3H2. The van der Waals surface area contributed by atoms with Crippen LogP contribution in [0.2, 0.25) is 0 Å². The van der Waals surface area contributed by atoms with Gasteiger partial charge in [-0.15, -0.1) is 0 Å². The van der Waals surface area contributed by atoms with Crippen molar-refractivity contribution >= 4 is 22.8 Å².